The lowest BCUT2D eigenvalue weighted by Crippen LogP contribution is -2.53. The number of nitrogens with zero attached hydrogens (tertiary/aromatic N) is 1. The zero-order chi connectivity index (χ0) is 17.7. The summed E-state index contributed by atoms with van der Waals surface area (Å²) >= 11 is 3.36. The first-order chi connectivity index (χ1) is 11.4. The summed E-state index contributed by atoms with van der Waals surface area (Å²) < 4.78 is 0.924. The van der Waals surface area contributed by atoms with Crippen molar-refractivity contribution in [2.75, 3.05) is 13.1 Å². The van der Waals surface area contributed by atoms with E-state index in [0.29, 0.717) is 25.1 Å². The minimum atomic E-state index is -0.404. The van der Waals surface area contributed by atoms with Gasteiger partial charge in [-0.1, -0.05) is 29.8 Å². The van der Waals surface area contributed by atoms with Crippen LogP contribution in [0.4, 0.5) is 0 Å². The number of rotatable bonds is 6. The lowest BCUT2D eigenvalue weighted by molar-refractivity contribution is -0.125. The predicted octanol–water partition coefficient (Wildman–Crippen LogP) is 2.69. The van der Waals surface area contributed by atoms with Crippen LogP contribution in [0.2, 0.25) is 0 Å². The van der Waals surface area contributed by atoms with E-state index in [4.69, 9.17) is 5.73 Å². The van der Waals surface area contributed by atoms with Gasteiger partial charge in [-0.3, -0.25) is 9.59 Å². The summed E-state index contributed by atoms with van der Waals surface area (Å²) in [5.74, 6) is -0.195. The zero-order valence-corrected chi connectivity index (χ0v) is 15.9. The van der Waals surface area contributed by atoms with Crippen LogP contribution in [0.15, 0.2) is 28.7 Å². The third-order valence-corrected chi connectivity index (χ3v) is 5.46. The summed E-state index contributed by atoms with van der Waals surface area (Å²) in [5, 5.41) is 2.95. The van der Waals surface area contributed by atoms with E-state index in [9.17, 15) is 9.59 Å². The van der Waals surface area contributed by atoms with Crippen molar-refractivity contribution in [3.63, 3.8) is 0 Å². The maximum Gasteiger partial charge on any atom is 0.254 e. The average molecular weight is 396 g/mol. The number of carbonyl (C=O) groups excluding carboxylic acids is 2. The Kier molecular flexibility index (Phi) is 6.40. The van der Waals surface area contributed by atoms with Crippen LogP contribution < -0.4 is 11.1 Å². The van der Waals surface area contributed by atoms with Crippen LogP contribution in [-0.4, -0.2) is 41.4 Å². The lowest BCUT2D eigenvalue weighted by Gasteiger charge is -2.29. The van der Waals surface area contributed by atoms with Crippen molar-refractivity contribution in [2.24, 2.45) is 5.73 Å². The fraction of sp³-hybridized carbons (Fsp3) is 0.556. The summed E-state index contributed by atoms with van der Waals surface area (Å²) in [5.41, 5.74) is 6.47. The SMILES string of the molecule is CCC(N)(CC)CNC(=O)C1CCCN1C(=O)c1ccc(Br)cc1. The molecule has 1 atom stereocenters. The van der Waals surface area contributed by atoms with Gasteiger partial charge in [0.2, 0.25) is 5.91 Å². The highest BCUT2D eigenvalue weighted by molar-refractivity contribution is 9.10. The molecule has 0 radical (unpaired) electrons. The third-order valence-electron chi connectivity index (χ3n) is 4.93. The smallest absolute Gasteiger partial charge is 0.254 e. The van der Waals surface area contributed by atoms with Gasteiger partial charge >= 0.3 is 0 Å². The molecule has 1 heterocycles. The molecule has 1 saturated heterocycles. The molecule has 5 nitrogen and oxygen atoms in total. The maximum absolute atomic E-state index is 12.7. The van der Waals surface area contributed by atoms with Crippen molar-refractivity contribution >= 4 is 27.7 Å². The molecule has 1 fully saturated rings. The average Bonchev–Trinajstić information content (AvgIpc) is 3.09. The second kappa shape index (κ2) is 8.12. The number of nitrogens with one attached hydrogen (secondary N) is 1. The molecule has 0 saturated carbocycles. The van der Waals surface area contributed by atoms with Crippen molar-refractivity contribution in [3.05, 3.63) is 34.3 Å². The number of nitrogens with two attached hydrogens (primary N) is 1. The van der Waals surface area contributed by atoms with E-state index in [1.807, 2.05) is 26.0 Å². The molecule has 0 aliphatic carbocycles. The van der Waals surface area contributed by atoms with Gasteiger partial charge in [0.1, 0.15) is 6.04 Å². The Labute approximate surface area is 152 Å². The van der Waals surface area contributed by atoms with E-state index in [1.165, 1.54) is 0 Å². The largest absolute Gasteiger partial charge is 0.352 e. The summed E-state index contributed by atoms with van der Waals surface area (Å²) in [7, 11) is 0. The van der Waals surface area contributed by atoms with Gasteiger partial charge in [0, 0.05) is 28.7 Å². The van der Waals surface area contributed by atoms with Gasteiger partial charge in [-0.05, 0) is 49.9 Å². The Bertz CT molecular complexity index is 584. The first-order valence-corrected chi connectivity index (χ1v) is 9.32. The number of hydrogen-bond acceptors (Lipinski definition) is 3. The molecule has 2 rings (SSSR count). The third kappa shape index (κ3) is 4.36. The van der Waals surface area contributed by atoms with Crippen LogP contribution in [-0.2, 0) is 4.79 Å². The van der Waals surface area contributed by atoms with Crippen molar-refractivity contribution in [1.29, 1.82) is 0 Å². The summed E-state index contributed by atoms with van der Waals surface area (Å²) in [4.78, 5) is 26.9. The Morgan fingerprint density at radius 3 is 2.50 bits per heavy atom. The summed E-state index contributed by atoms with van der Waals surface area (Å²) in [6.45, 7) is 5.10. The number of hydrogen-bond donors (Lipinski definition) is 2. The Morgan fingerprint density at radius 1 is 1.29 bits per heavy atom. The van der Waals surface area contributed by atoms with Gasteiger partial charge in [-0.25, -0.2) is 0 Å². The highest BCUT2D eigenvalue weighted by atomic mass is 79.9. The molecule has 1 aliphatic heterocycles. The number of amides is 2. The highest BCUT2D eigenvalue weighted by Gasteiger charge is 2.35. The van der Waals surface area contributed by atoms with Crippen LogP contribution in [0, 0.1) is 0 Å². The molecule has 6 heteroatoms. The molecule has 24 heavy (non-hydrogen) atoms. The van der Waals surface area contributed by atoms with E-state index in [-0.39, 0.29) is 17.4 Å². The van der Waals surface area contributed by atoms with Crippen LogP contribution in [0.5, 0.6) is 0 Å². The molecule has 3 N–H and O–H groups in total. The Morgan fingerprint density at radius 2 is 1.92 bits per heavy atom. The van der Waals surface area contributed by atoms with Crippen LogP contribution in [0.25, 0.3) is 0 Å². The van der Waals surface area contributed by atoms with Crippen molar-refractivity contribution in [1.82, 2.24) is 10.2 Å². The second-order valence-corrected chi connectivity index (χ2v) is 7.37. The maximum atomic E-state index is 12.7. The predicted molar refractivity (Wildman–Crippen MR) is 98.7 cm³/mol. The molecular weight excluding hydrogens is 370 g/mol. The number of halogens is 1. The normalized spacial score (nSPS) is 17.8. The van der Waals surface area contributed by atoms with E-state index in [0.717, 1.165) is 23.7 Å². The summed E-state index contributed by atoms with van der Waals surface area (Å²) in [6, 6.07) is 6.82. The van der Waals surface area contributed by atoms with Crippen LogP contribution in [0.1, 0.15) is 49.9 Å². The molecule has 0 bridgehead atoms. The Balaban J connectivity index is 2.03. The molecule has 132 valence electrons. The molecule has 1 aliphatic rings. The minimum Gasteiger partial charge on any atom is -0.352 e. The van der Waals surface area contributed by atoms with Crippen LogP contribution in [0.3, 0.4) is 0 Å². The first kappa shape index (κ1) is 18.9. The summed E-state index contributed by atoms with van der Waals surface area (Å²) in [6.07, 6.45) is 3.14. The van der Waals surface area contributed by atoms with Crippen molar-refractivity contribution in [3.8, 4) is 0 Å². The van der Waals surface area contributed by atoms with Crippen molar-refractivity contribution < 1.29 is 9.59 Å². The molecular formula is C18H26BrN3O2. The fourth-order valence-corrected chi connectivity index (χ4v) is 3.19. The van der Waals surface area contributed by atoms with E-state index in [1.54, 1.807) is 17.0 Å². The van der Waals surface area contributed by atoms with E-state index < -0.39 is 6.04 Å². The molecule has 2 amide bonds. The van der Waals surface area contributed by atoms with Crippen molar-refractivity contribution in [2.45, 2.75) is 51.1 Å². The van der Waals surface area contributed by atoms with E-state index >= 15 is 0 Å². The van der Waals surface area contributed by atoms with Gasteiger partial charge in [-0.15, -0.1) is 0 Å². The van der Waals surface area contributed by atoms with Gasteiger partial charge in [0.05, 0.1) is 0 Å². The molecule has 0 aromatic heterocycles. The van der Waals surface area contributed by atoms with Crippen LogP contribution >= 0.6 is 15.9 Å². The first-order valence-electron chi connectivity index (χ1n) is 8.53. The van der Waals surface area contributed by atoms with Gasteiger partial charge in [0.25, 0.3) is 5.91 Å². The highest BCUT2D eigenvalue weighted by Crippen LogP contribution is 2.21. The van der Waals surface area contributed by atoms with Gasteiger partial charge < -0.3 is 16.0 Å². The van der Waals surface area contributed by atoms with E-state index in [2.05, 4.69) is 21.2 Å². The zero-order valence-electron chi connectivity index (χ0n) is 14.3. The van der Waals surface area contributed by atoms with Gasteiger partial charge in [0.15, 0.2) is 0 Å². The standard InChI is InChI=1S/C18H26BrN3O2/c1-3-18(20,4-2)12-21-16(23)15-6-5-11-22(15)17(24)13-7-9-14(19)10-8-13/h7-10,15H,3-6,11-12,20H2,1-2H3,(H,21,23). The number of benzene rings is 1. The molecule has 0 spiro atoms. The lowest BCUT2D eigenvalue weighted by atomic mass is 9.94. The topological polar surface area (TPSA) is 75.4 Å². The minimum absolute atomic E-state index is 0.0925. The Hall–Kier alpha value is -1.40. The molecule has 1 unspecified atom stereocenters. The quantitative estimate of drug-likeness (QED) is 0.777. The molecule has 1 aromatic carbocycles. The van der Waals surface area contributed by atoms with Gasteiger partial charge in [-0.2, -0.15) is 0 Å². The monoisotopic (exact) mass is 395 g/mol. The fourth-order valence-electron chi connectivity index (χ4n) is 2.92. The second-order valence-electron chi connectivity index (χ2n) is 6.45. The number of likely N-dealkylation sites (tertiary alicyclic amines) is 1. The number of carbonyl (C=O) groups is 2. The molecule has 1 aromatic rings.